The number of carbonyl (C=O) groups is 1. The van der Waals surface area contributed by atoms with Gasteiger partial charge in [0.05, 0.1) is 16.5 Å². The number of benzene rings is 2. The van der Waals surface area contributed by atoms with Crippen LogP contribution in [0.3, 0.4) is 0 Å². The summed E-state index contributed by atoms with van der Waals surface area (Å²) >= 11 is 0. The van der Waals surface area contributed by atoms with E-state index in [2.05, 4.69) is 5.32 Å². The van der Waals surface area contributed by atoms with Gasteiger partial charge in [-0.25, -0.2) is 8.42 Å². The van der Waals surface area contributed by atoms with E-state index in [0.29, 0.717) is 18.7 Å². The van der Waals surface area contributed by atoms with Crippen LogP contribution in [-0.4, -0.2) is 31.7 Å². The van der Waals surface area contributed by atoms with E-state index < -0.39 is 33.7 Å². The zero-order valence-electron chi connectivity index (χ0n) is 16.4. The van der Waals surface area contributed by atoms with Crippen molar-refractivity contribution in [1.82, 2.24) is 9.62 Å². The molecule has 0 aromatic heterocycles. The van der Waals surface area contributed by atoms with Crippen LogP contribution in [0, 0.1) is 0 Å². The van der Waals surface area contributed by atoms with Gasteiger partial charge in [0.25, 0.3) is 5.91 Å². The molecule has 0 unspecified atom stereocenters. The summed E-state index contributed by atoms with van der Waals surface area (Å²) in [5, 5.41) is 2.70. The molecule has 1 heterocycles. The van der Waals surface area contributed by atoms with Crippen molar-refractivity contribution < 1.29 is 26.4 Å². The summed E-state index contributed by atoms with van der Waals surface area (Å²) in [7, 11) is -3.67. The van der Waals surface area contributed by atoms with E-state index in [-0.39, 0.29) is 10.5 Å². The smallest absolute Gasteiger partial charge is 0.346 e. The van der Waals surface area contributed by atoms with Crippen LogP contribution in [0.1, 0.15) is 53.7 Å². The highest BCUT2D eigenvalue weighted by Gasteiger charge is 2.30. The first kappa shape index (κ1) is 22.3. The van der Waals surface area contributed by atoms with Gasteiger partial charge in [-0.3, -0.25) is 4.79 Å². The third-order valence-corrected chi connectivity index (χ3v) is 7.03. The van der Waals surface area contributed by atoms with Crippen LogP contribution in [-0.2, 0) is 16.2 Å². The maximum atomic E-state index is 12.8. The number of amides is 1. The van der Waals surface area contributed by atoms with Crippen LogP contribution in [0.2, 0.25) is 0 Å². The van der Waals surface area contributed by atoms with Crippen LogP contribution in [0.25, 0.3) is 0 Å². The summed E-state index contributed by atoms with van der Waals surface area (Å²) in [6.45, 7) is 2.57. The Labute approximate surface area is 173 Å². The molecule has 1 aliphatic rings. The predicted molar refractivity (Wildman–Crippen MR) is 106 cm³/mol. The van der Waals surface area contributed by atoms with E-state index >= 15 is 0 Å². The maximum absolute atomic E-state index is 12.8. The van der Waals surface area contributed by atoms with Gasteiger partial charge in [0, 0.05) is 18.7 Å². The number of nitrogens with zero attached hydrogens (tertiary/aromatic N) is 1. The Balaban J connectivity index is 1.73. The van der Waals surface area contributed by atoms with Crippen molar-refractivity contribution in [3.63, 3.8) is 0 Å². The lowest BCUT2D eigenvalue weighted by Gasteiger charge is -2.26. The maximum Gasteiger partial charge on any atom is 0.416 e. The molecule has 2 aromatic rings. The molecule has 0 saturated carbocycles. The van der Waals surface area contributed by atoms with E-state index in [1.54, 1.807) is 6.92 Å². The van der Waals surface area contributed by atoms with Gasteiger partial charge in [-0.15, -0.1) is 0 Å². The van der Waals surface area contributed by atoms with Gasteiger partial charge in [-0.05, 0) is 55.7 Å². The highest BCUT2D eigenvalue weighted by molar-refractivity contribution is 7.89. The quantitative estimate of drug-likeness (QED) is 0.751. The summed E-state index contributed by atoms with van der Waals surface area (Å²) < 4.78 is 65.2. The molecule has 30 heavy (non-hydrogen) atoms. The summed E-state index contributed by atoms with van der Waals surface area (Å²) in [4.78, 5) is 12.7. The van der Waals surface area contributed by atoms with Crippen LogP contribution < -0.4 is 5.32 Å². The van der Waals surface area contributed by atoms with Crippen LogP contribution >= 0.6 is 0 Å². The van der Waals surface area contributed by atoms with Crippen molar-refractivity contribution in [3.8, 4) is 0 Å². The van der Waals surface area contributed by atoms with Crippen molar-refractivity contribution in [2.24, 2.45) is 0 Å². The Hall–Kier alpha value is -2.39. The average molecular weight is 440 g/mol. The third kappa shape index (κ3) is 5.02. The standard InChI is InChI=1S/C21H23F3N2O3S/c1-15(16-8-10-18(11-9-16)21(22,23)24)25-20(27)17-6-5-7-19(14-17)30(28,29)26-12-3-2-4-13-26/h5-11,14-15H,2-4,12-13H2,1H3,(H,25,27)/t15-/m0/s1. The molecule has 0 radical (unpaired) electrons. The van der Waals surface area contributed by atoms with Gasteiger partial charge >= 0.3 is 6.18 Å². The van der Waals surface area contributed by atoms with Crippen LogP contribution in [0.4, 0.5) is 13.2 Å². The molecule has 1 amide bonds. The van der Waals surface area contributed by atoms with Crippen molar-refractivity contribution >= 4 is 15.9 Å². The highest BCUT2D eigenvalue weighted by atomic mass is 32.2. The number of hydrogen-bond donors (Lipinski definition) is 1. The molecule has 0 spiro atoms. The molecule has 0 aliphatic carbocycles. The molecule has 0 bridgehead atoms. The van der Waals surface area contributed by atoms with E-state index in [0.717, 1.165) is 31.4 Å². The lowest BCUT2D eigenvalue weighted by atomic mass is 10.1. The Morgan fingerprint density at radius 2 is 1.67 bits per heavy atom. The second kappa shape index (κ2) is 8.77. The van der Waals surface area contributed by atoms with Gasteiger partial charge in [0.1, 0.15) is 0 Å². The number of nitrogens with one attached hydrogen (secondary N) is 1. The van der Waals surface area contributed by atoms with Gasteiger partial charge in [-0.2, -0.15) is 17.5 Å². The van der Waals surface area contributed by atoms with Gasteiger partial charge < -0.3 is 5.32 Å². The Bertz CT molecular complexity index is 999. The third-order valence-electron chi connectivity index (χ3n) is 5.13. The zero-order valence-corrected chi connectivity index (χ0v) is 17.3. The number of piperidine rings is 1. The molecule has 9 heteroatoms. The fourth-order valence-electron chi connectivity index (χ4n) is 3.38. The summed E-state index contributed by atoms with van der Waals surface area (Å²) in [5.74, 6) is -0.502. The minimum atomic E-state index is -4.43. The first-order chi connectivity index (χ1) is 14.1. The largest absolute Gasteiger partial charge is 0.416 e. The number of sulfonamides is 1. The molecule has 3 rings (SSSR count). The SMILES string of the molecule is C[C@H](NC(=O)c1cccc(S(=O)(=O)N2CCCCC2)c1)c1ccc(C(F)(F)F)cc1. The molecule has 162 valence electrons. The van der Waals surface area contributed by atoms with E-state index in [9.17, 15) is 26.4 Å². The molecule has 2 aromatic carbocycles. The van der Waals surface area contributed by atoms with Crippen LogP contribution in [0.5, 0.6) is 0 Å². The fourth-order valence-corrected chi connectivity index (χ4v) is 4.94. The van der Waals surface area contributed by atoms with Crippen molar-refractivity contribution in [2.45, 2.75) is 43.3 Å². The van der Waals surface area contributed by atoms with Crippen molar-refractivity contribution in [3.05, 3.63) is 65.2 Å². The second-order valence-electron chi connectivity index (χ2n) is 7.31. The van der Waals surface area contributed by atoms with E-state index in [1.165, 1.54) is 40.7 Å². The topological polar surface area (TPSA) is 66.5 Å². The van der Waals surface area contributed by atoms with Gasteiger partial charge in [0.15, 0.2) is 0 Å². The normalized spacial score (nSPS) is 16.8. The summed E-state index contributed by atoms with van der Waals surface area (Å²) in [5.41, 5.74) is -0.0827. The molecule has 1 aliphatic heterocycles. The summed E-state index contributed by atoms with van der Waals surface area (Å²) in [6, 6.07) is 9.79. The number of carbonyl (C=O) groups excluding carboxylic acids is 1. The molecule has 1 saturated heterocycles. The van der Waals surface area contributed by atoms with Gasteiger partial charge in [-0.1, -0.05) is 24.6 Å². The molecular weight excluding hydrogens is 417 g/mol. The number of alkyl halides is 3. The molecule has 1 atom stereocenters. The Kier molecular flexibility index (Phi) is 6.52. The number of rotatable bonds is 5. The monoisotopic (exact) mass is 440 g/mol. The van der Waals surface area contributed by atoms with E-state index in [1.807, 2.05) is 0 Å². The predicted octanol–water partition coefficient (Wildman–Crippen LogP) is 4.37. The molecule has 1 N–H and O–H groups in total. The minimum Gasteiger partial charge on any atom is -0.346 e. The highest BCUT2D eigenvalue weighted by Crippen LogP contribution is 2.30. The van der Waals surface area contributed by atoms with Crippen molar-refractivity contribution in [2.75, 3.05) is 13.1 Å². The average Bonchev–Trinajstić information content (AvgIpc) is 2.74. The first-order valence-corrected chi connectivity index (χ1v) is 11.1. The minimum absolute atomic E-state index is 0.0548. The lowest BCUT2D eigenvalue weighted by Crippen LogP contribution is -2.35. The van der Waals surface area contributed by atoms with Crippen molar-refractivity contribution in [1.29, 1.82) is 0 Å². The zero-order chi connectivity index (χ0) is 21.9. The molecule has 1 fully saturated rings. The van der Waals surface area contributed by atoms with Crippen LogP contribution in [0.15, 0.2) is 53.4 Å². The number of hydrogen-bond acceptors (Lipinski definition) is 3. The first-order valence-electron chi connectivity index (χ1n) is 9.67. The number of halogens is 3. The molecule has 5 nitrogen and oxygen atoms in total. The van der Waals surface area contributed by atoms with Gasteiger partial charge in [0.2, 0.25) is 10.0 Å². The van der Waals surface area contributed by atoms with E-state index in [4.69, 9.17) is 0 Å². The fraction of sp³-hybridized carbons (Fsp3) is 0.381. The lowest BCUT2D eigenvalue weighted by molar-refractivity contribution is -0.137. The molecular formula is C21H23F3N2O3S. The Morgan fingerprint density at radius 3 is 2.27 bits per heavy atom. The Morgan fingerprint density at radius 1 is 1.03 bits per heavy atom. The summed E-state index contributed by atoms with van der Waals surface area (Å²) in [6.07, 6.45) is -1.81. The second-order valence-corrected chi connectivity index (χ2v) is 9.25.